The van der Waals surface area contributed by atoms with E-state index in [2.05, 4.69) is 5.32 Å². The van der Waals surface area contributed by atoms with Gasteiger partial charge in [0.15, 0.2) is 0 Å². The molecule has 25 heavy (non-hydrogen) atoms. The van der Waals surface area contributed by atoms with Gasteiger partial charge in [0.2, 0.25) is 5.91 Å². The van der Waals surface area contributed by atoms with E-state index in [0.717, 1.165) is 28.8 Å². The predicted molar refractivity (Wildman–Crippen MR) is 92.1 cm³/mol. The number of thiophene rings is 1. The molecule has 0 radical (unpaired) electrons. The van der Waals surface area contributed by atoms with Gasteiger partial charge in [-0.05, 0) is 35.7 Å². The number of carbonyl (C=O) groups excluding carboxylic acids is 1. The zero-order valence-electron chi connectivity index (χ0n) is 13.2. The summed E-state index contributed by atoms with van der Waals surface area (Å²) in [4.78, 5) is 15.3. The van der Waals surface area contributed by atoms with Crippen LogP contribution in [0.5, 0.6) is 0 Å². The van der Waals surface area contributed by atoms with Crippen LogP contribution < -0.4 is 5.32 Å². The predicted octanol–water partition coefficient (Wildman–Crippen LogP) is 4.26. The van der Waals surface area contributed by atoms with E-state index in [4.69, 9.17) is 4.42 Å². The Morgan fingerprint density at radius 2 is 1.92 bits per heavy atom. The highest BCUT2D eigenvalue weighted by molar-refractivity contribution is 7.09. The van der Waals surface area contributed by atoms with Crippen LogP contribution in [0, 0.1) is 11.6 Å². The van der Waals surface area contributed by atoms with E-state index < -0.39 is 11.6 Å². The minimum Gasteiger partial charge on any atom is -0.468 e. The maximum absolute atomic E-state index is 13.2. The molecule has 3 aromatic rings. The lowest BCUT2D eigenvalue weighted by molar-refractivity contribution is -0.117. The third-order valence-corrected chi connectivity index (χ3v) is 4.29. The second-order valence-corrected chi connectivity index (χ2v) is 6.54. The Labute approximate surface area is 147 Å². The Kier molecular flexibility index (Phi) is 5.57. The SMILES string of the molecule is O=C(CN(Cc1ccco1)Cc1cccs1)Nc1cc(F)cc(F)c1. The van der Waals surface area contributed by atoms with Crippen molar-refractivity contribution in [3.8, 4) is 0 Å². The Morgan fingerprint density at radius 3 is 2.56 bits per heavy atom. The van der Waals surface area contributed by atoms with Crippen molar-refractivity contribution in [2.24, 2.45) is 0 Å². The molecule has 0 aliphatic rings. The number of carbonyl (C=O) groups is 1. The standard InChI is InChI=1S/C18H16F2N2O2S/c19-13-7-14(20)9-15(8-13)21-18(23)12-22(10-16-3-1-5-24-16)11-17-4-2-6-25-17/h1-9H,10-12H2,(H,21,23). The summed E-state index contributed by atoms with van der Waals surface area (Å²) in [7, 11) is 0. The fraction of sp³-hybridized carbons (Fsp3) is 0.167. The Bertz CT molecular complexity index is 763. The van der Waals surface area contributed by atoms with E-state index in [0.29, 0.717) is 13.1 Å². The molecule has 7 heteroatoms. The van der Waals surface area contributed by atoms with Gasteiger partial charge in [-0.25, -0.2) is 8.78 Å². The van der Waals surface area contributed by atoms with Crippen LogP contribution in [0.1, 0.15) is 10.6 Å². The van der Waals surface area contributed by atoms with E-state index in [1.165, 1.54) is 0 Å². The molecule has 0 aliphatic carbocycles. The van der Waals surface area contributed by atoms with Crippen LogP contribution in [0.15, 0.2) is 58.5 Å². The van der Waals surface area contributed by atoms with Crippen LogP contribution in [0.4, 0.5) is 14.5 Å². The first kappa shape index (κ1) is 17.3. The van der Waals surface area contributed by atoms with Crippen LogP contribution in [0.25, 0.3) is 0 Å². The summed E-state index contributed by atoms with van der Waals surface area (Å²) in [6, 6.07) is 10.5. The molecule has 1 amide bonds. The Balaban J connectivity index is 1.66. The molecule has 0 fully saturated rings. The summed E-state index contributed by atoms with van der Waals surface area (Å²) in [6.45, 7) is 1.09. The summed E-state index contributed by atoms with van der Waals surface area (Å²) in [6.07, 6.45) is 1.58. The number of hydrogen-bond donors (Lipinski definition) is 1. The molecule has 130 valence electrons. The van der Waals surface area contributed by atoms with Gasteiger partial charge in [0.05, 0.1) is 19.4 Å². The van der Waals surface area contributed by atoms with Gasteiger partial charge in [-0.15, -0.1) is 11.3 Å². The maximum Gasteiger partial charge on any atom is 0.238 e. The van der Waals surface area contributed by atoms with E-state index in [9.17, 15) is 13.6 Å². The van der Waals surface area contributed by atoms with E-state index in [-0.39, 0.29) is 18.1 Å². The first-order chi connectivity index (χ1) is 12.1. The molecule has 2 aromatic heterocycles. The number of benzene rings is 1. The van der Waals surface area contributed by atoms with Crippen LogP contribution in [-0.4, -0.2) is 17.4 Å². The fourth-order valence-electron chi connectivity index (χ4n) is 2.44. The maximum atomic E-state index is 13.2. The van der Waals surface area contributed by atoms with Crippen LogP contribution >= 0.6 is 11.3 Å². The normalized spacial score (nSPS) is 11.0. The van der Waals surface area contributed by atoms with Gasteiger partial charge in [-0.1, -0.05) is 6.07 Å². The molecule has 0 bridgehead atoms. The summed E-state index contributed by atoms with van der Waals surface area (Å²) in [5, 5.41) is 4.49. The highest BCUT2D eigenvalue weighted by Gasteiger charge is 2.15. The van der Waals surface area contributed by atoms with Gasteiger partial charge >= 0.3 is 0 Å². The summed E-state index contributed by atoms with van der Waals surface area (Å²) in [5.74, 6) is -1.09. The van der Waals surface area contributed by atoms with E-state index in [1.54, 1.807) is 23.7 Å². The third kappa shape index (κ3) is 5.23. The molecule has 4 nitrogen and oxygen atoms in total. The monoisotopic (exact) mass is 362 g/mol. The number of anilines is 1. The Morgan fingerprint density at radius 1 is 1.12 bits per heavy atom. The number of rotatable bonds is 7. The van der Waals surface area contributed by atoms with Crippen molar-refractivity contribution in [3.05, 3.63) is 76.4 Å². The first-order valence-corrected chi connectivity index (χ1v) is 8.49. The molecular formula is C18H16F2N2O2S. The topological polar surface area (TPSA) is 45.5 Å². The van der Waals surface area contributed by atoms with Gasteiger partial charge in [-0.3, -0.25) is 9.69 Å². The van der Waals surface area contributed by atoms with Crippen molar-refractivity contribution in [2.75, 3.05) is 11.9 Å². The molecule has 3 rings (SSSR count). The molecule has 0 spiro atoms. The molecule has 0 aliphatic heterocycles. The van der Waals surface area contributed by atoms with Crippen molar-refractivity contribution in [3.63, 3.8) is 0 Å². The number of furan rings is 1. The lowest BCUT2D eigenvalue weighted by atomic mass is 10.3. The molecular weight excluding hydrogens is 346 g/mol. The third-order valence-electron chi connectivity index (χ3n) is 3.43. The molecule has 0 unspecified atom stereocenters. The zero-order chi connectivity index (χ0) is 17.6. The van der Waals surface area contributed by atoms with Gasteiger partial charge in [0.1, 0.15) is 17.4 Å². The van der Waals surface area contributed by atoms with Crippen LogP contribution in [0.3, 0.4) is 0 Å². The highest BCUT2D eigenvalue weighted by Crippen LogP contribution is 2.16. The lowest BCUT2D eigenvalue weighted by Gasteiger charge is -2.20. The van der Waals surface area contributed by atoms with Crippen molar-refractivity contribution >= 4 is 22.9 Å². The molecule has 1 N–H and O–H groups in total. The van der Waals surface area contributed by atoms with E-state index >= 15 is 0 Å². The van der Waals surface area contributed by atoms with Crippen molar-refractivity contribution in [2.45, 2.75) is 13.1 Å². The zero-order valence-corrected chi connectivity index (χ0v) is 14.1. The summed E-state index contributed by atoms with van der Waals surface area (Å²) in [5.41, 5.74) is 0.0940. The molecule has 0 saturated carbocycles. The van der Waals surface area contributed by atoms with Crippen LogP contribution in [0.2, 0.25) is 0 Å². The minimum absolute atomic E-state index is 0.0662. The Hall–Kier alpha value is -2.51. The first-order valence-electron chi connectivity index (χ1n) is 7.61. The minimum atomic E-state index is -0.735. The average Bonchev–Trinajstić information content (AvgIpc) is 3.19. The van der Waals surface area contributed by atoms with Gasteiger partial charge < -0.3 is 9.73 Å². The molecule has 0 atom stereocenters. The van der Waals surface area contributed by atoms with Gasteiger partial charge in [0, 0.05) is 23.2 Å². The second-order valence-electron chi connectivity index (χ2n) is 5.51. The fourth-order valence-corrected chi connectivity index (χ4v) is 3.19. The quantitative estimate of drug-likeness (QED) is 0.683. The van der Waals surface area contributed by atoms with Crippen molar-refractivity contribution in [1.29, 1.82) is 0 Å². The summed E-state index contributed by atoms with van der Waals surface area (Å²) >= 11 is 1.60. The van der Waals surface area contributed by atoms with E-state index in [1.807, 2.05) is 28.5 Å². The number of hydrogen-bond acceptors (Lipinski definition) is 4. The molecule has 0 saturated heterocycles. The highest BCUT2D eigenvalue weighted by atomic mass is 32.1. The van der Waals surface area contributed by atoms with Crippen molar-refractivity contribution in [1.82, 2.24) is 4.90 Å². The number of nitrogens with zero attached hydrogens (tertiary/aromatic N) is 1. The second kappa shape index (κ2) is 8.04. The molecule has 1 aromatic carbocycles. The summed E-state index contributed by atoms with van der Waals surface area (Å²) < 4.78 is 31.8. The number of amides is 1. The van der Waals surface area contributed by atoms with Gasteiger partial charge in [-0.2, -0.15) is 0 Å². The number of nitrogens with one attached hydrogen (secondary N) is 1. The lowest BCUT2D eigenvalue weighted by Crippen LogP contribution is -2.32. The van der Waals surface area contributed by atoms with Crippen molar-refractivity contribution < 1.29 is 18.0 Å². The largest absolute Gasteiger partial charge is 0.468 e. The average molecular weight is 362 g/mol. The smallest absolute Gasteiger partial charge is 0.238 e. The molecule has 2 heterocycles. The van der Waals surface area contributed by atoms with Gasteiger partial charge in [0.25, 0.3) is 0 Å². The van der Waals surface area contributed by atoms with Crippen LogP contribution in [-0.2, 0) is 17.9 Å². The number of halogens is 2.